The van der Waals surface area contributed by atoms with Gasteiger partial charge < -0.3 is 11.1 Å². The van der Waals surface area contributed by atoms with Crippen LogP contribution in [-0.2, 0) is 0 Å². The van der Waals surface area contributed by atoms with E-state index in [1.165, 1.54) is 0 Å². The Morgan fingerprint density at radius 1 is 1.38 bits per heavy atom. The van der Waals surface area contributed by atoms with Gasteiger partial charge in [-0.25, -0.2) is 0 Å². The van der Waals surface area contributed by atoms with Gasteiger partial charge in [0, 0.05) is 11.7 Å². The van der Waals surface area contributed by atoms with Gasteiger partial charge in [-0.1, -0.05) is 12.1 Å². The molecule has 1 amide bonds. The minimum absolute atomic E-state index is 0.292. The molecule has 70 valence electrons. The molecule has 0 aliphatic heterocycles. The third-order valence-electron chi connectivity index (χ3n) is 1.64. The number of benzene rings is 1. The topological polar surface area (TPSA) is 55.1 Å². The first kappa shape index (κ1) is 9.58. The fourth-order valence-electron chi connectivity index (χ4n) is 1.13. The average molecular weight is 178 g/mol. The van der Waals surface area contributed by atoms with Gasteiger partial charge in [0.2, 0.25) is 0 Å². The third-order valence-corrected chi connectivity index (χ3v) is 1.64. The molecule has 3 heteroatoms. The lowest BCUT2D eigenvalue weighted by Crippen LogP contribution is -2.17. The molecule has 0 aromatic heterocycles. The monoisotopic (exact) mass is 178 g/mol. The maximum absolute atomic E-state index is 11.0. The summed E-state index contributed by atoms with van der Waals surface area (Å²) in [5.74, 6) is -0.399. The number of carbonyl (C=O) groups excluding carboxylic acids is 1. The van der Waals surface area contributed by atoms with Gasteiger partial charge in [0.15, 0.2) is 0 Å². The Balaban J connectivity index is 2.98. The Labute approximate surface area is 77.9 Å². The van der Waals surface area contributed by atoms with E-state index < -0.39 is 5.91 Å². The standard InChI is InChI=1S/C10H14N2O/c1-7(2)12-9-6-4-3-5-8(9)10(11)13/h3-7,12H,1-2H3,(H2,11,13). The largest absolute Gasteiger partial charge is 0.382 e. The van der Waals surface area contributed by atoms with E-state index in [9.17, 15) is 4.79 Å². The lowest BCUT2D eigenvalue weighted by atomic mass is 10.1. The van der Waals surface area contributed by atoms with Crippen LogP contribution in [-0.4, -0.2) is 11.9 Å². The van der Waals surface area contributed by atoms with Crippen LogP contribution in [0, 0.1) is 0 Å². The van der Waals surface area contributed by atoms with Crippen molar-refractivity contribution in [1.82, 2.24) is 0 Å². The molecule has 0 saturated carbocycles. The van der Waals surface area contributed by atoms with Crippen LogP contribution in [0.1, 0.15) is 24.2 Å². The molecule has 0 fully saturated rings. The molecule has 0 heterocycles. The first-order valence-corrected chi connectivity index (χ1v) is 4.26. The van der Waals surface area contributed by atoms with E-state index in [-0.39, 0.29) is 0 Å². The van der Waals surface area contributed by atoms with Crippen LogP contribution in [0.15, 0.2) is 24.3 Å². The normalized spacial score (nSPS) is 10.1. The second-order valence-corrected chi connectivity index (χ2v) is 3.21. The molecule has 3 N–H and O–H groups in total. The van der Waals surface area contributed by atoms with Gasteiger partial charge in [0.1, 0.15) is 0 Å². The van der Waals surface area contributed by atoms with Gasteiger partial charge in [0.05, 0.1) is 5.56 Å². The predicted molar refractivity (Wildman–Crippen MR) is 53.7 cm³/mol. The predicted octanol–water partition coefficient (Wildman–Crippen LogP) is 1.61. The van der Waals surface area contributed by atoms with Crippen LogP contribution in [0.2, 0.25) is 0 Å². The van der Waals surface area contributed by atoms with Crippen molar-refractivity contribution in [3.8, 4) is 0 Å². The van der Waals surface area contributed by atoms with Crippen molar-refractivity contribution >= 4 is 11.6 Å². The van der Waals surface area contributed by atoms with Gasteiger partial charge in [-0.2, -0.15) is 0 Å². The summed E-state index contributed by atoms with van der Waals surface area (Å²) in [5, 5.41) is 3.15. The highest BCUT2D eigenvalue weighted by atomic mass is 16.1. The van der Waals surface area contributed by atoms with Crippen molar-refractivity contribution in [2.24, 2.45) is 5.73 Å². The summed E-state index contributed by atoms with van der Waals surface area (Å²) in [4.78, 5) is 11.0. The summed E-state index contributed by atoms with van der Waals surface area (Å²) in [6, 6.07) is 7.52. The Morgan fingerprint density at radius 3 is 2.54 bits per heavy atom. The van der Waals surface area contributed by atoms with E-state index in [1.807, 2.05) is 26.0 Å². The van der Waals surface area contributed by atoms with Crippen LogP contribution in [0.3, 0.4) is 0 Å². The number of hydrogen-bond acceptors (Lipinski definition) is 2. The van der Waals surface area contributed by atoms with Crippen LogP contribution < -0.4 is 11.1 Å². The van der Waals surface area contributed by atoms with E-state index in [0.717, 1.165) is 5.69 Å². The number of hydrogen-bond donors (Lipinski definition) is 2. The van der Waals surface area contributed by atoms with Crippen LogP contribution in [0.4, 0.5) is 5.69 Å². The summed E-state index contributed by atoms with van der Waals surface area (Å²) < 4.78 is 0. The molecule has 0 unspecified atom stereocenters. The number of primary amides is 1. The molecular weight excluding hydrogens is 164 g/mol. The van der Waals surface area contributed by atoms with Crippen LogP contribution >= 0.6 is 0 Å². The molecule has 1 rings (SSSR count). The Hall–Kier alpha value is -1.51. The van der Waals surface area contributed by atoms with Crippen molar-refractivity contribution in [3.05, 3.63) is 29.8 Å². The molecule has 0 spiro atoms. The zero-order valence-corrected chi connectivity index (χ0v) is 7.87. The molecule has 0 aliphatic rings. The number of nitrogens with two attached hydrogens (primary N) is 1. The van der Waals surface area contributed by atoms with Crippen molar-refractivity contribution in [2.45, 2.75) is 19.9 Å². The fraction of sp³-hybridized carbons (Fsp3) is 0.300. The van der Waals surface area contributed by atoms with E-state index in [4.69, 9.17) is 5.73 Å². The van der Waals surface area contributed by atoms with Gasteiger partial charge >= 0.3 is 0 Å². The first-order valence-electron chi connectivity index (χ1n) is 4.26. The SMILES string of the molecule is CC(C)Nc1ccccc1C(N)=O. The number of rotatable bonds is 3. The second-order valence-electron chi connectivity index (χ2n) is 3.21. The fourth-order valence-corrected chi connectivity index (χ4v) is 1.13. The second kappa shape index (κ2) is 3.94. The highest BCUT2D eigenvalue weighted by molar-refractivity contribution is 5.98. The molecule has 13 heavy (non-hydrogen) atoms. The molecule has 3 nitrogen and oxygen atoms in total. The summed E-state index contributed by atoms with van der Waals surface area (Å²) in [6.07, 6.45) is 0. The smallest absolute Gasteiger partial charge is 0.250 e. The van der Waals surface area contributed by atoms with Crippen molar-refractivity contribution in [1.29, 1.82) is 0 Å². The summed E-state index contributed by atoms with van der Waals surface area (Å²) >= 11 is 0. The zero-order chi connectivity index (χ0) is 9.84. The molecule has 0 aliphatic carbocycles. The molecule has 1 aromatic carbocycles. The number of nitrogens with one attached hydrogen (secondary N) is 1. The maximum Gasteiger partial charge on any atom is 0.250 e. The van der Waals surface area contributed by atoms with E-state index in [0.29, 0.717) is 11.6 Å². The maximum atomic E-state index is 11.0. The summed E-state index contributed by atoms with van der Waals surface area (Å²) in [5.41, 5.74) is 6.55. The van der Waals surface area contributed by atoms with Crippen molar-refractivity contribution in [3.63, 3.8) is 0 Å². The van der Waals surface area contributed by atoms with Gasteiger partial charge in [-0.15, -0.1) is 0 Å². The average Bonchev–Trinajstić information content (AvgIpc) is 2.03. The van der Waals surface area contributed by atoms with Crippen molar-refractivity contribution < 1.29 is 4.79 Å². The molecule has 0 saturated heterocycles. The van der Waals surface area contributed by atoms with Gasteiger partial charge in [-0.3, -0.25) is 4.79 Å². The third kappa shape index (κ3) is 2.47. The van der Waals surface area contributed by atoms with Crippen molar-refractivity contribution in [2.75, 3.05) is 5.32 Å². The molecule has 0 bridgehead atoms. The number of para-hydroxylation sites is 1. The highest BCUT2D eigenvalue weighted by Crippen LogP contribution is 2.14. The first-order chi connectivity index (χ1) is 6.11. The lowest BCUT2D eigenvalue weighted by Gasteiger charge is -2.12. The number of carbonyl (C=O) groups is 1. The molecule has 1 aromatic rings. The zero-order valence-electron chi connectivity index (χ0n) is 7.87. The number of anilines is 1. The van der Waals surface area contributed by atoms with Gasteiger partial charge in [-0.05, 0) is 26.0 Å². The van der Waals surface area contributed by atoms with Crippen LogP contribution in [0.25, 0.3) is 0 Å². The Bertz CT molecular complexity index is 308. The molecular formula is C10H14N2O. The lowest BCUT2D eigenvalue weighted by molar-refractivity contribution is 0.100. The summed E-state index contributed by atoms with van der Waals surface area (Å²) in [7, 11) is 0. The Morgan fingerprint density at radius 2 is 2.00 bits per heavy atom. The minimum atomic E-state index is -0.399. The van der Waals surface area contributed by atoms with E-state index in [1.54, 1.807) is 12.1 Å². The van der Waals surface area contributed by atoms with Crippen LogP contribution in [0.5, 0.6) is 0 Å². The highest BCUT2D eigenvalue weighted by Gasteiger charge is 2.06. The minimum Gasteiger partial charge on any atom is -0.382 e. The van der Waals surface area contributed by atoms with Gasteiger partial charge in [0.25, 0.3) is 5.91 Å². The molecule has 0 radical (unpaired) electrons. The van der Waals surface area contributed by atoms with E-state index >= 15 is 0 Å². The quantitative estimate of drug-likeness (QED) is 0.738. The number of amides is 1. The summed E-state index contributed by atoms with van der Waals surface area (Å²) in [6.45, 7) is 4.02. The molecule has 0 atom stereocenters. The Kier molecular flexibility index (Phi) is 2.90. The van der Waals surface area contributed by atoms with E-state index in [2.05, 4.69) is 5.32 Å².